The molecule has 1 aromatic heterocycles. The predicted molar refractivity (Wildman–Crippen MR) is 63.0 cm³/mol. The van der Waals surface area contributed by atoms with Crippen molar-refractivity contribution >= 4 is 5.82 Å². The first-order chi connectivity index (χ1) is 7.25. The van der Waals surface area contributed by atoms with Gasteiger partial charge in [-0.1, -0.05) is 6.07 Å². The summed E-state index contributed by atoms with van der Waals surface area (Å²) in [6, 6.07) is 7.24. The summed E-state index contributed by atoms with van der Waals surface area (Å²) < 4.78 is 0. The molecule has 1 aliphatic rings. The maximum atomic E-state index is 4.29. The van der Waals surface area contributed by atoms with Crippen molar-refractivity contribution in [3.8, 4) is 0 Å². The molecule has 2 unspecified atom stereocenters. The maximum Gasteiger partial charge on any atom is 0.126 e. The highest BCUT2D eigenvalue weighted by molar-refractivity contribution is 5.34. The van der Waals surface area contributed by atoms with Crippen LogP contribution < -0.4 is 5.32 Å². The molecular formula is C12H19N3. The maximum absolute atomic E-state index is 4.29. The molecule has 1 saturated heterocycles. The van der Waals surface area contributed by atoms with Gasteiger partial charge in [-0.05, 0) is 38.9 Å². The van der Waals surface area contributed by atoms with Crippen LogP contribution in [0.15, 0.2) is 24.4 Å². The zero-order valence-electron chi connectivity index (χ0n) is 9.48. The zero-order valence-corrected chi connectivity index (χ0v) is 9.48. The highest BCUT2D eigenvalue weighted by atomic mass is 15.1. The standard InChI is InChI=1S/C12H19N3/c1-10-9-11(6-8-15(10)2)14-12-5-3-4-7-13-12/h3-5,7,10-11H,6,8-9H2,1-2H3,(H,13,14). The van der Waals surface area contributed by atoms with E-state index >= 15 is 0 Å². The lowest BCUT2D eigenvalue weighted by Gasteiger charge is -2.35. The van der Waals surface area contributed by atoms with Crippen LogP contribution in [-0.4, -0.2) is 35.6 Å². The molecule has 2 heterocycles. The summed E-state index contributed by atoms with van der Waals surface area (Å²) >= 11 is 0. The first-order valence-electron chi connectivity index (χ1n) is 5.63. The summed E-state index contributed by atoms with van der Waals surface area (Å²) in [7, 11) is 2.20. The summed E-state index contributed by atoms with van der Waals surface area (Å²) in [5, 5.41) is 3.49. The lowest BCUT2D eigenvalue weighted by Crippen LogP contribution is -2.42. The van der Waals surface area contributed by atoms with Crippen molar-refractivity contribution in [1.82, 2.24) is 9.88 Å². The summed E-state index contributed by atoms with van der Waals surface area (Å²) in [5.41, 5.74) is 0. The minimum atomic E-state index is 0.575. The summed E-state index contributed by atoms with van der Waals surface area (Å²) in [4.78, 5) is 6.71. The van der Waals surface area contributed by atoms with Crippen molar-refractivity contribution in [2.24, 2.45) is 0 Å². The van der Waals surface area contributed by atoms with Gasteiger partial charge in [-0.2, -0.15) is 0 Å². The van der Waals surface area contributed by atoms with Crippen molar-refractivity contribution in [2.75, 3.05) is 18.9 Å². The number of pyridine rings is 1. The van der Waals surface area contributed by atoms with E-state index in [0.29, 0.717) is 12.1 Å². The van der Waals surface area contributed by atoms with E-state index in [4.69, 9.17) is 0 Å². The Balaban J connectivity index is 1.91. The Kier molecular flexibility index (Phi) is 3.21. The van der Waals surface area contributed by atoms with Crippen LogP contribution in [0.1, 0.15) is 19.8 Å². The topological polar surface area (TPSA) is 28.2 Å². The van der Waals surface area contributed by atoms with Crippen molar-refractivity contribution in [1.29, 1.82) is 0 Å². The van der Waals surface area contributed by atoms with Gasteiger partial charge < -0.3 is 10.2 Å². The fourth-order valence-corrected chi connectivity index (χ4v) is 2.08. The van der Waals surface area contributed by atoms with E-state index in [9.17, 15) is 0 Å². The molecule has 2 rings (SSSR count). The van der Waals surface area contributed by atoms with Crippen LogP contribution in [0, 0.1) is 0 Å². The molecule has 3 heteroatoms. The zero-order chi connectivity index (χ0) is 10.7. The molecule has 82 valence electrons. The SMILES string of the molecule is CC1CC(Nc2ccccn2)CCN1C. The third kappa shape index (κ3) is 2.69. The Labute approximate surface area is 91.5 Å². The van der Waals surface area contributed by atoms with Crippen LogP contribution in [0.2, 0.25) is 0 Å². The average Bonchev–Trinajstić information content (AvgIpc) is 2.25. The first kappa shape index (κ1) is 10.4. The molecule has 2 atom stereocenters. The quantitative estimate of drug-likeness (QED) is 0.800. The largest absolute Gasteiger partial charge is 0.367 e. The van der Waals surface area contributed by atoms with E-state index in [1.54, 1.807) is 0 Å². The number of rotatable bonds is 2. The van der Waals surface area contributed by atoms with E-state index in [1.165, 1.54) is 19.4 Å². The summed E-state index contributed by atoms with van der Waals surface area (Å²) in [6.45, 7) is 3.46. The highest BCUT2D eigenvalue weighted by Crippen LogP contribution is 2.18. The molecule has 1 aliphatic heterocycles. The Bertz CT molecular complexity index is 299. The monoisotopic (exact) mass is 205 g/mol. The third-order valence-corrected chi connectivity index (χ3v) is 3.23. The van der Waals surface area contributed by atoms with Gasteiger partial charge in [0.25, 0.3) is 0 Å². The van der Waals surface area contributed by atoms with Gasteiger partial charge in [-0.15, -0.1) is 0 Å². The van der Waals surface area contributed by atoms with Crippen molar-refractivity contribution in [3.05, 3.63) is 24.4 Å². The molecular weight excluding hydrogens is 186 g/mol. The second kappa shape index (κ2) is 4.62. The van der Waals surface area contributed by atoms with E-state index in [-0.39, 0.29) is 0 Å². The molecule has 0 amide bonds. The number of hydrogen-bond donors (Lipinski definition) is 1. The predicted octanol–water partition coefficient (Wildman–Crippen LogP) is 1.98. The van der Waals surface area contributed by atoms with Crippen molar-refractivity contribution < 1.29 is 0 Å². The lowest BCUT2D eigenvalue weighted by molar-refractivity contribution is 0.190. The number of nitrogens with zero attached hydrogens (tertiary/aromatic N) is 2. The number of nitrogens with one attached hydrogen (secondary N) is 1. The normalized spacial score (nSPS) is 27.6. The van der Waals surface area contributed by atoms with E-state index in [1.807, 2.05) is 24.4 Å². The summed E-state index contributed by atoms with van der Waals surface area (Å²) in [5.74, 6) is 0.999. The van der Waals surface area contributed by atoms with Crippen LogP contribution in [-0.2, 0) is 0 Å². The number of likely N-dealkylation sites (tertiary alicyclic amines) is 1. The van der Waals surface area contributed by atoms with Gasteiger partial charge in [0, 0.05) is 24.8 Å². The highest BCUT2D eigenvalue weighted by Gasteiger charge is 2.22. The van der Waals surface area contributed by atoms with Gasteiger partial charge >= 0.3 is 0 Å². The van der Waals surface area contributed by atoms with Crippen LogP contribution in [0.3, 0.4) is 0 Å². The smallest absolute Gasteiger partial charge is 0.126 e. The molecule has 0 spiro atoms. The molecule has 3 nitrogen and oxygen atoms in total. The molecule has 1 N–H and O–H groups in total. The fourth-order valence-electron chi connectivity index (χ4n) is 2.08. The minimum absolute atomic E-state index is 0.575. The molecule has 0 aromatic carbocycles. The van der Waals surface area contributed by atoms with Crippen LogP contribution in [0.5, 0.6) is 0 Å². The van der Waals surface area contributed by atoms with Crippen LogP contribution in [0.25, 0.3) is 0 Å². The molecule has 1 fully saturated rings. The fraction of sp³-hybridized carbons (Fsp3) is 0.583. The Morgan fingerprint density at radius 2 is 2.33 bits per heavy atom. The van der Waals surface area contributed by atoms with Crippen LogP contribution in [0.4, 0.5) is 5.82 Å². The Hall–Kier alpha value is -1.09. The average molecular weight is 205 g/mol. The molecule has 0 saturated carbocycles. The van der Waals surface area contributed by atoms with Gasteiger partial charge in [0.1, 0.15) is 5.82 Å². The lowest BCUT2D eigenvalue weighted by atomic mass is 9.99. The second-order valence-electron chi connectivity index (χ2n) is 4.41. The molecule has 15 heavy (non-hydrogen) atoms. The van der Waals surface area contributed by atoms with Crippen molar-refractivity contribution in [3.63, 3.8) is 0 Å². The minimum Gasteiger partial charge on any atom is -0.367 e. The van der Waals surface area contributed by atoms with Gasteiger partial charge in [0.15, 0.2) is 0 Å². The molecule has 0 radical (unpaired) electrons. The van der Waals surface area contributed by atoms with Gasteiger partial charge in [-0.3, -0.25) is 0 Å². The van der Waals surface area contributed by atoms with Gasteiger partial charge in [-0.25, -0.2) is 4.98 Å². The van der Waals surface area contributed by atoms with E-state index in [2.05, 4.69) is 29.2 Å². The molecule has 1 aromatic rings. The van der Waals surface area contributed by atoms with E-state index in [0.717, 1.165) is 5.82 Å². The first-order valence-corrected chi connectivity index (χ1v) is 5.63. The van der Waals surface area contributed by atoms with Gasteiger partial charge in [0.2, 0.25) is 0 Å². The number of hydrogen-bond acceptors (Lipinski definition) is 3. The van der Waals surface area contributed by atoms with Crippen molar-refractivity contribution in [2.45, 2.75) is 31.8 Å². The number of aromatic nitrogens is 1. The molecule has 0 aliphatic carbocycles. The Morgan fingerprint density at radius 3 is 3.00 bits per heavy atom. The van der Waals surface area contributed by atoms with E-state index < -0.39 is 0 Å². The third-order valence-electron chi connectivity index (χ3n) is 3.23. The number of piperidine rings is 1. The Morgan fingerprint density at radius 1 is 1.47 bits per heavy atom. The summed E-state index contributed by atoms with van der Waals surface area (Å²) in [6.07, 6.45) is 4.24. The second-order valence-corrected chi connectivity index (χ2v) is 4.41. The van der Waals surface area contributed by atoms with Gasteiger partial charge in [0.05, 0.1) is 0 Å². The molecule has 0 bridgehead atoms. The number of anilines is 1. The van der Waals surface area contributed by atoms with Crippen LogP contribution >= 0.6 is 0 Å².